The van der Waals surface area contributed by atoms with Crippen LogP contribution in [-0.4, -0.2) is 48.6 Å². The zero-order valence-electron chi connectivity index (χ0n) is 21.5. The van der Waals surface area contributed by atoms with E-state index < -0.39 is 46.8 Å². The summed E-state index contributed by atoms with van der Waals surface area (Å²) in [4.78, 5) is 45.4. The molecule has 0 bridgehead atoms. The van der Waals surface area contributed by atoms with E-state index in [1.54, 1.807) is 0 Å². The van der Waals surface area contributed by atoms with E-state index in [1.807, 2.05) is 0 Å². The number of alkyl halides is 6. The number of carboxylic acid groups (broad SMARTS) is 1. The van der Waals surface area contributed by atoms with E-state index in [9.17, 15) is 40.7 Å². The minimum Gasteiger partial charge on any atom is -0.477 e. The minimum atomic E-state index is -5.03. The minimum absolute atomic E-state index is 0.0211. The van der Waals surface area contributed by atoms with Crippen LogP contribution >= 0.6 is 24.0 Å². The maximum Gasteiger partial charge on any atom is 0.416 e. The second-order valence-corrected chi connectivity index (χ2v) is 10.6. The number of carbonyl (C=O) groups is 3. The lowest BCUT2D eigenvalue weighted by atomic mass is 10.0. The molecule has 8 nitrogen and oxygen atoms in total. The quantitative estimate of drug-likeness (QED) is 0.181. The maximum atomic E-state index is 13.3. The molecule has 1 saturated heterocycles. The first-order valence-electron chi connectivity index (χ1n) is 12.1. The molecule has 16 heteroatoms. The summed E-state index contributed by atoms with van der Waals surface area (Å²) in [5.74, 6) is -2.22. The van der Waals surface area contributed by atoms with Crippen LogP contribution in [0, 0.1) is 0 Å². The smallest absolute Gasteiger partial charge is 0.416 e. The maximum absolute atomic E-state index is 13.3. The second kappa shape index (κ2) is 12.5. The third kappa shape index (κ3) is 7.95. The van der Waals surface area contributed by atoms with Gasteiger partial charge in [0, 0.05) is 31.3 Å². The molecule has 3 heterocycles. The zero-order chi connectivity index (χ0) is 31.5. The van der Waals surface area contributed by atoms with Crippen molar-refractivity contribution in [1.29, 1.82) is 0 Å². The fraction of sp³-hybridized carbons (Fsp3) is 0.185. The third-order valence-electron chi connectivity index (χ3n) is 5.90. The number of benzene rings is 1. The number of carboxylic acids is 1. The molecule has 1 aromatic carbocycles. The topological polar surface area (TPSA) is 112 Å². The van der Waals surface area contributed by atoms with Gasteiger partial charge in [-0.1, -0.05) is 30.0 Å². The summed E-state index contributed by atoms with van der Waals surface area (Å²) < 4.78 is 79.9. The van der Waals surface area contributed by atoms with Crippen molar-refractivity contribution in [3.63, 3.8) is 0 Å². The summed E-state index contributed by atoms with van der Waals surface area (Å²) in [5, 5.41) is 11.6. The number of rotatable bonds is 8. The van der Waals surface area contributed by atoms with E-state index in [1.165, 1.54) is 47.5 Å². The van der Waals surface area contributed by atoms with Gasteiger partial charge in [0.15, 0.2) is 0 Å². The molecular weight excluding hydrogens is 622 g/mol. The van der Waals surface area contributed by atoms with Crippen molar-refractivity contribution in [1.82, 2.24) is 20.2 Å². The number of amides is 2. The van der Waals surface area contributed by atoms with Crippen LogP contribution in [0.15, 0.2) is 59.6 Å². The first-order valence-corrected chi connectivity index (χ1v) is 13.3. The number of nitrogens with zero attached hydrogens (tertiary/aromatic N) is 3. The Bertz CT molecular complexity index is 1610. The van der Waals surface area contributed by atoms with E-state index in [4.69, 9.17) is 17.3 Å². The van der Waals surface area contributed by atoms with Crippen LogP contribution in [0.1, 0.15) is 39.3 Å². The second-order valence-electron chi connectivity index (χ2n) is 8.96. The van der Waals surface area contributed by atoms with Crippen molar-refractivity contribution in [2.45, 2.75) is 25.3 Å². The molecule has 0 atom stereocenters. The molecule has 0 saturated carbocycles. The fourth-order valence-corrected chi connectivity index (χ4v) is 5.12. The molecule has 1 aliphatic heterocycles. The molecule has 2 aromatic heterocycles. The van der Waals surface area contributed by atoms with Gasteiger partial charge in [-0.25, -0.2) is 14.8 Å². The van der Waals surface area contributed by atoms with Crippen molar-refractivity contribution in [3.05, 3.63) is 87.7 Å². The molecule has 4 rings (SSSR count). The number of hydrogen-bond acceptors (Lipinski definition) is 7. The predicted octanol–water partition coefficient (Wildman–Crippen LogP) is 5.79. The van der Waals surface area contributed by atoms with Crippen LogP contribution in [0.5, 0.6) is 0 Å². The van der Waals surface area contributed by atoms with Gasteiger partial charge in [0.1, 0.15) is 10.0 Å². The molecule has 3 aromatic rings. The average molecular weight is 641 g/mol. The molecule has 1 aliphatic rings. The molecule has 0 unspecified atom stereocenters. The number of nitrogens with one attached hydrogen (secondary N) is 1. The Morgan fingerprint density at radius 2 is 1.70 bits per heavy atom. The SMILES string of the molecule is O=C(CCN1C(=O)/C(=C/c2cccc(-c3cc(C(F)(F)F)cc(C(F)(F)F)c3)n2)SC1=S)NCc1ccnc(C(=O)O)c1. The van der Waals surface area contributed by atoms with Crippen LogP contribution < -0.4 is 5.32 Å². The highest BCUT2D eigenvalue weighted by atomic mass is 32.2. The summed E-state index contributed by atoms with van der Waals surface area (Å²) in [7, 11) is 0. The molecule has 43 heavy (non-hydrogen) atoms. The van der Waals surface area contributed by atoms with E-state index in [0.29, 0.717) is 17.7 Å². The van der Waals surface area contributed by atoms with Crippen molar-refractivity contribution in [3.8, 4) is 11.3 Å². The van der Waals surface area contributed by atoms with Gasteiger partial charge >= 0.3 is 18.3 Å². The average Bonchev–Trinajstić information content (AvgIpc) is 3.21. The van der Waals surface area contributed by atoms with Crippen LogP contribution in [-0.2, 0) is 28.5 Å². The Kier molecular flexibility index (Phi) is 9.20. The number of halogens is 6. The molecule has 2 amide bonds. The number of pyridine rings is 2. The summed E-state index contributed by atoms with van der Waals surface area (Å²) in [6, 6.07) is 8.01. The Morgan fingerprint density at radius 3 is 2.33 bits per heavy atom. The van der Waals surface area contributed by atoms with Crippen molar-refractivity contribution in [2.24, 2.45) is 0 Å². The Balaban J connectivity index is 1.45. The van der Waals surface area contributed by atoms with E-state index in [-0.39, 0.29) is 51.9 Å². The largest absolute Gasteiger partial charge is 0.477 e. The van der Waals surface area contributed by atoms with Gasteiger partial charge in [-0.2, -0.15) is 26.3 Å². The van der Waals surface area contributed by atoms with Crippen LogP contribution in [0.25, 0.3) is 17.3 Å². The number of thioether (sulfide) groups is 1. The lowest BCUT2D eigenvalue weighted by Crippen LogP contribution is -2.33. The van der Waals surface area contributed by atoms with Gasteiger partial charge in [-0.3, -0.25) is 14.5 Å². The Morgan fingerprint density at radius 1 is 1.02 bits per heavy atom. The zero-order valence-corrected chi connectivity index (χ0v) is 23.1. The number of aromatic carboxylic acids is 1. The summed E-state index contributed by atoms with van der Waals surface area (Å²) >= 11 is 6.14. The lowest BCUT2D eigenvalue weighted by Gasteiger charge is -2.14. The fourth-order valence-electron chi connectivity index (χ4n) is 3.83. The third-order valence-corrected chi connectivity index (χ3v) is 7.28. The van der Waals surface area contributed by atoms with Gasteiger partial charge < -0.3 is 10.4 Å². The summed E-state index contributed by atoms with van der Waals surface area (Å²) in [6.07, 6.45) is -7.60. The van der Waals surface area contributed by atoms with Crippen LogP contribution in [0.2, 0.25) is 0 Å². The molecule has 2 N–H and O–H groups in total. The van der Waals surface area contributed by atoms with E-state index >= 15 is 0 Å². The van der Waals surface area contributed by atoms with E-state index in [2.05, 4.69) is 15.3 Å². The van der Waals surface area contributed by atoms with Gasteiger partial charge in [-0.15, -0.1) is 0 Å². The molecule has 0 aliphatic carbocycles. The Hall–Kier alpha value is -4.31. The van der Waals surface area contributed by atoms with Gasteiger partial charge in [0.05, 0.1) is 27.4 Å². The monoisotopic (exact) mass is 640 g/mol. The highest BCUT2D eigenvalue weighted by Gasteiger charge is 2.37. The van der Waals surface area contributed by atoms with Crippen LogP contribution in [0.3, 0.4) is 0 Å². The molecule has 1 fully saturated rings. The van der Waals surface area contributed by atoms with Gasteiger partial charge in [0.2, 0.25) is 5.91 Å². The predicted molar refractivity (Wildman–Crippen MR) is 147 cm³/mol. The number of hydrogen-bond donors (Lipinski definition) is 2. The van der Waals surface area contributed by atoms with Crippen molar-refractivity contribution >= 4 is 52.2 Å². The lowest BCUT2D eigenvalue weighted by molar-refractivity contribution is -0.143. The molecule has 224 valence electrons. The summed E-state index contributed by atoms with van der Waals surface area (Å²) in [5.41, 5.74) is -3.16. The first kappa shape index (κ1) is 31.6. The summed E-state index contributed by atoms with van der Waals surface area (Å²) in [6.45, 7) is -0.0548. The van der Waals surface area contributed by atoms with Crippen LogP contribution in [0.4, 0.5) is 26.3 Å². The number of carbonyl (C=O) groups excluding carboxylic acids is 2. The first-order chi connectivity index (χ1) is 20.1. The van der Waals surface area contributed by atoms with E-state index in [0.717, 1.165) is 11.8 Å². The van der Waals surface area contributed by atoms with Gasteiger partial charge in [0.25, 0.3) is 5.91 Å². The van der Waals surface area contributed by atoms with Gasteiger partial charge in [-0.05, 0) is 54.1 Å². The highest BCUT2D eigenvalue weighted by molar-refractivity contribution is 8.26. The molecule has 0 spiro atoms. The Labute approximate surface area is 248 Å². The molecular formula is C27H18F6N4O4S2. The number of thiocarbonyl (C=S) groups is 1. The van der Waals surface area contributed by atoms with Crippen molar-refractivity contribution < 1.29 is 45.8 Å². The standard InChI is InChI=1S/C27H18F6N4O4S2/c28-26(29,30)16-9-15(10-17(11-16)27(31,32)33)19-3-1-2-18(36-19)12-21-23(39)37(25(42)43-21)7-5-22(38)35-13-14-4-6-34-20(8-14)24(40)41/h1-4,6,8-12H,5,7,13H2,(H,35,38)(H,40,41)/b21-12-. The highest BCUT2D eigenvalue weighted by Crippen LogP contribution is 2.38. The van der Waals surface area contributed by atoms with Crippen molar-refractivity contribution in [2.75, 3.05) is 6.54 Å². The normalized spacial score (nSPS) is 14.8. The molecule has 0 radical (unpaired) electrons. The number of aromatic nitrogens is 2.